The molecule has 3 nitrogen and oxygen atoms in total. The van der Waals surface area contributed by atoms with E-state index < -0.39 is 5.54 Å². The van der Waals surface area contributed by atoms with Crippen molar-refractivity contribution in [3.63, 3.8) is 0 Å². The highest BCUT2D eigenvalue weighted by molar-refractivity contribution is 14.1. The second-order valence-electron chi connectivity index (χ2n) is 4.64. The Morgan fingerprint density at radius 1 is 1.47 bits per heavy atom. The molecule has 0 heterocycles. The summed E-state index contributed by atoms with van der Waals surface area (Å²) in [5.74, 6) is 0.0848. The van der Waals surface area contributed by atoms with E-state index in [1.165, 1.54) is 16.2 Å². The van der Waals surface area contributed by atoms with Crippen LogP contribution in [0.15, 0.2) is 24.3 Å². The molecule has 0 saturated heterocycles. The third kappa shape index (κ3) is 2.63. The fraction of sp³-hybridized carbons (Fsp3) is 0.462. The van der Waals surface area contributed by atoms with Gasteiger partial charge in [0.25, 0.3) is 0 Å². The van der Waals surface area contributed by atoms with Gasteiger partial charge in [0, 0.05) is 3.57 Å². The smallest absolute Gasteiger partial charge is 0.325 e. The SMILES string of the molecule is COC(=O)[C@@]1(N)CC[C@@H](c2ccc(I)cc2)C1. The van der Waals surface area contributed by atoms with E-state index in [0.717, 1.165) is 6.42 Å². The zero-order valence-corrected chi connectivity index (χ0v) is 11.9. The van der Waals surface area contributed by atoms with Crippen molar-refractivity contribution >= 4 is 28.6 Å². The molecule has 0 bridgehead atoms. The summed E-state index contributed by atoms with van der Waals surface area (Å²) in [7, 11) is 1.40. The molecular formula is C13H16INO2. The van der Waals surface area contributed by atoms with Crippen molar-refractivity contribution < 1.29 is 9.53 Å². The topological polar surface area (TPSA) is 52.3 Å². The van der Waals surface area contributed by atoms with Crippen LogP contribution in [0.2, 0.25) is 0 Å². The molecule has 1 aliphatic rings. The first-order valence-electron chi connectivity index (χ1n) is 5.68. The number of rotatable bonds is 2. The fourth-order valence-corrected chi connectivity index (χ4v) is 2.84. The van der Waals surface area contributed by atoms with Crippen molar-refractivity contribution in [3.8, 4) is 0 Å². The number of halogens is 1. The van der Waals surface area contributed by atoms with Crippen molar-refractivity contribution in [2.75, 3.05) is 7.11 Å². The van der Waals surface area contributed by atoms with Gasteiger partial charge in [-0.3, -0.25) is 4.79 Å². The zero-order valence-electron chi connectivity index (χ0n) is 9.78. The maximum Gasteiger partial charge on any atom is 0.325 e. The molecule has 1 aliphatic carbocycles. The molecule has 92 valence electrons. The highest BCUT2D eigenvalue weighted by Gasteiger charge is 2.43. The molecule has 2 rings (SSSR count). The third-order valence-electron chi connectivity index (χ3n) is 3.48. The third-order valence-corrected chi connectivity index (χ3v) is 4.20. The Balaban J connectivity index is 2.12. The van der Waals surface area contributed by atoms with Gasteiger partial charge < -0.3 is 10.5 Å². The standard InChI is InChI=1S/C13H16INO2/c1-17-12(16)13(15)7-6-10(8-13)9-2-4-11(14)5-3-9/h2-5,10H,6-8,15H2,1H3/t10-,13-/m1/s1. The van der Waals surface area contributed by atoms with Gasteiger partial charge in [-0.2, -0.15) is 0 Å². The summed E-state index contributed by atoms with van der Waals surface area (Å²) in [6.07, 6.45) is 2.34. The molecule has 0 aromatic heterocycles. The molecule has 1 aromatic carbocycles. The lowest BCUT2D eigenvalue weighted by Gasteiger charge is -2.20. The number of esters is 1. The van der Waals surface area contributed by atoms with Crippen molar-refractivity contribution in [1.82, 2.24) is 0 Å². The predicted octanol–water partition coefficient (Wildman–Crippen LogP) is 2.43. The number of nitrogens with two attached hydrogens (primary N) is 1. The molecule has 4 heteroatoms. The van der Waals surface area contributed by atoms with Crippen molar-refractivity contribution in [1.29, 1.82) is 0 Å². The lowest BCUT2D eigenvalue weighted by molar-refractivity contribution is -0.146. The largest absolute Gasteiger partial charge is 0.468 e. The Hall–Kier alpha value is -0.620. The summed E-state index contributed by atoms with van der Waals surface area (Å²) in [5, 5.41) is 0. The van der Waals surface area contributed by atoms with Gasteiger partial charge in [0.2, 0.25) is 0 Å². The van der Waals surface area contributed by atoms with Crippen LogP contribution in [-0.2, 0) is 9.53 Å². The van der Waals surface area contributed by atoms with Gasteiger partial charge in [0.15, 0.2) is 0 Å². The lowest BCUT2D eigenvalue weighted by Crippen LogP contribution is -2.46. The van der Waals surface area contributed by atoms with Crippen LogP contribution in [0.1, 0.15) is 30.7 Å². The van der Waals surface area contributed by atoms with E-state index in [4.69, 9.17) is 10.5 Å². The minimum Gasteiger partial charge on any atom is -0.468 e. The van der Waals surface area contributed by atoms with Gasteiger partial charge in [0.05, 0.1) is 7.11 Å². The molecule has 1 saturated carbocycles. The monoisotopic (exact) mass is 345 g/mol. The minimum atomic E-state index is -0.789. The summed E-state index contributed by atoms with van der Waals surface area (Å²) in [4.78, 5) is 11.6. The van der Waals surface area contributed by atoms with E-state index in [1.54, 1.807) is 0 Å². The summed E-state index contributed by atoms with van der Waals surface area (Å²) >= 11 is 2.28. The zero-order chi connectivity index (χ0) is 12.5. The van der Waals surface area contributed by atoms with Crippen LogP contribution in [0.3, 0.4) is 0 Å². The number of carbonyl (C=O) groups is 1. The molecule has 0 radical (unpaired) electrons. The first-order chi connectivity index (χ1) is 8.05. The van der Waals surface area contributed by atoms with E-state index in [0.29, 0.717) is 18.8 Å². The van der Waals surface area contributed by atoms with E-state index in [1.807, 2.05) is 0 Å². The van der Waals surface area contributed by atoms with Gasteiger partial charge in [-0.1, -0.05) is 12.1 Å². The Morgan fingerprint density at radius 3 is 2.71 bits per heavy atom. The molecular weight excluding hydrogens is 329 g/mol. The van der Waals surface area contributed by atoms with Crippen molar-refractivity contribution in [3.05, 3.63) is 33.4 Å². The van der Waals surface area contributed by atoms with Gasteiger partial charge in [-0.15, -0.1) is 0 Å². The van der Waals surface area contributed by atoms with E-state index >= 15 is 0 Å². The van der Waals surface area contributed by atoms with Crippen LogP contribution in [0, 0.1) is 3.57 Å². The average molecular weight is 345 g/mol. The number of benzene rings is 1. The Labute approximate surface area is 115 Å². The van der Waals surface area contributed by atoms with Crippen LogP contribution in [0.5, 0.6) is 0 Å². The quantitative estimate of drug-likeness (QED) is 0.662. The van der Waals surface area contributed by atoms with Crippen LogP contribution in [-0.4, -0.2) is 18.6 Å². The molecule has 2 N–H and O–H groups in total. The average Bonchev–Trinajstić information content (AvgIpc) is 2.73. The van der Waals surface area contributed by atoms with Crippen molar-refractivity contribution in [2.45, 2.75) is 30.7 Å². The molecule has 1 fully saturated rings. The first kappa shape index (κ1) is 12.8. The van der Waals surface area contributed by atoms with E-state index in [-0.39, 0.29) is 5.97 Å². The molecule has 0 aliphatic heterocycles. The number of ether oxygens (including phenoxy) is 1. The van der Waals surface area contributed by atoms with Crippen LogP contribution in [0.25, 0.3) is 0 Å². The number of carbonyl (C=O) groups excluding carboxylic acids is 1. The summed E-state index contributed by atoms with van der Waals surface area (Å²) in [6, 6.07) is 8.42. The van der Waals surface area contributed by atoms with Gasteiger partial charge >= 0.3 is 5.97 Å². The second kappa shape index (κ2) is 4.94. The predicted molar refractivity (Wildman–Crippen MR) is 74.7 cm³/mol. The van der Waals surface area contributed by atoms with Crippen LogP contribution >= 0.6 is 22.6 Å². The van der Waals surface area contributed by atoms with E-state index in [9.17, 15) is 4.79 Å². The minimum absolute atomic E-state index is 0.287. The normalized spacial score (nSPS) is 28.1. The number of hydrogen-bond acceptors (Lipinski definition) is 3. The lowest BCUT2D eigenvalue weighted by atomic mass is 9.93. The molecule has 0 spiro atoms. The second-order valence-corrected chi connectivity index (χ2v) is 5.88. The molecule has 0 amide bonds. The van der Waals surface area contributed by atoms with Gasteiger partial charge in [-0.25, -0.2) is 0 Å². The highest BCUT2D eigenvalue weighted by Crippen LogP contribution is 2.40. The molecule has 2 atom stereocenters. The van der Waals surface area contributed by atoms with Gasteiger partial charge in [0.1, 0.15) is 5.54 Å². The Kier molecular flexibility index (Phi) is 3.73. The molecule has 17 heavy (non-hydrogen) atoms. The van der Waals surface area contributed by atoms with E-state index in [2.05, 4.69) is 46.9 Å². The van der Waals surface area contributed by atoms with Crippen LogP contribution < -0.4 is 5.73 Å². The Bertz CT molecular complexity index is 418. The highest BCUT2D eigenvalue weighted by atomic mass is 127. The van der Waals surface area contributed by atoms with Crippen molar-refractivity contribution in [2.24, 2.45) is 5.73 Å². The number of methoxy groups -OCH3 is 1. The summed E-state index contributed by atoms with van der Waals surface area (Å²) < 4.78 is 5.99. The number of hydrogen-bond donors (Lipinski definition) is 1. The fourth-order valence-electron chi connectivity index (χ4n) is 2.48. The van der Waals surface area contributed by atoms with Crippen LogP contribution in [0.4, 0.5) is 0 Å². The maximum absolute atomic E-state index is 11.6. The summed E-state index contributed by atoms with van der Waals surface area (Å²) in [5.41, 5.74) is 6.57. The maximum atomic E-state index is 11.6. The first-order valence-corrected chi connectivity index (χ1v) is 6.76. The molecule has 1 aromatic rings. The molecule has 0 unspecified atom stereocenters. The van der Waals surface area contributed by atoms with Gasteiger partial charge in [-0.05, 0) is 65.5 Å². The Morgan fingerprint density at radius 2 is 2.12 bits per heavy atom. The summed E-state index contributed by atoms with van der Waals surface area (Å²) in [6.45, 7) is 0.